The van der Waals surface area contributed by atoms with E-state index in [0.717, 1.165) is 6.42 Å². The molecule has 0 N–H and O–H groups in total. The number of benzene rings is 13. The van der Waals surface area contributed by atoms with Crippen LogP contribution >= 0.6 is 0 Å². The van der Waals surface area contributed by atoms with Gasteiger partial charge in [-0.25, -0.2) is 0 Å². The van der Waals surface area contributed by atoms with Gasteiger partial charge in [0.25, 0.3) is 0 Å². The van der Waals surface area contributed by atoms with Crippen molar-refractivity contribution in [3.63, 3.8) is 0 Å². The minimum absolute atomic E-state index is 0.105. The maximum absolute atomic E-state index is 2.50. The summed E-state index contributed by atoms with van der Waals surface area (Å²) in [5, 5.41) is 12.7. The van der Waals surface area contributed by atoms with Gasteiger partial charge in [0.15, 0.2) is 0 Å². The molecule has 0 radical (unpaired) electrons. The molecule has 0 heterocycles. The van der Waals surface area contributed by atoms with Crippen molar-refractivity contribution in [2.45, 2.75) is 25.7 Å². The quantitative estimate of drug-likeness (QED) is 0.151. The summed E-state index contributed by atoms with van der Waals surface area (Å²) < 4.78 is 0. The van der Waals surface area contributed by atoms with Gasteiger partial charge in [0, 0.05) is 5.41 Å². The highest BCUT2D eigenvalue weighted by Gasteiger charge is 2.35. The highest BCUT2D eigenvalue weighted by atomic mass is 14.4. The molecule has 0 nitrogen and oxygen atoms in total. The highest BCUT2D eigenvalue weighted by molar-refractivity contribution is 6.23. The average molecular weight is 913 g/mol. The van der Waals surface area contributed by atoms with Crippen molar-refractivity contribution in [1.82, 2.24) is 0 Å². The van der Waals surface area contributed by atoms with Gasteiger partial charge in [-0.1, -0.05) is 238 Å². The second-order valence-corrected chi connectivity index (χ2v) is 20.7. The summed E-state index contributed by atoms with van der Waals surface area (Å²) in [5.74, 6) is 0. The molecule has 2 aliphatic rings. The predicted octanol–water partition coefficient (Wildman–Crippen LogP) is 19.7. The Bertz CT molecular complexity index is 4370. The van der Waals surface area contributed by atoms with Crippen LogP contribution in [-0.4, -0.2) is 0 Å². The van der Waals surface area contributed by atoms with Gasteiger partial charge >= 0.3 is 0 Å². The Balaban J connectivity index is 0.916. The molecular weight excluding hydrogens is 865 g/mol. The number of fused-ring (bicyclic) bond motifs is 11. The van der Waals surface area contributed by atoms with Crippen molar-refractivity contribution >= 4 is 53.9 Å². The molecule has 0 fully saturated rings. The molecule has 2 aliphatic carbocycles. The molecule has 0 unspecified atom stereocenters. The molecule has 0 heteroatoms. The molecule has 13 aromatic rings. The Morgan fingerprint density at radius 2 is 0.681 bits per heavy atom. The van der Waals surface area contributed by atoms with Gasteiger partial charge in [-0.15, -0.1) is 0 Å². The van der Waals surface area contributed by atoms with Crippen molar-refractivity contribution in [1.29, 1.82) is 0 Å². The predicted molar refractivity (Wildman–Crippen MR) is 307 cm³/mol. The van der Waals surface area contributed by atoms with E-state index in [-0.39, 0.29) is 5.41 Å². The van der Waals surface area contributed by atoms with Gasteiger partial charge in [-0.05, 0) is 179 Å². The van der Waals surface area contributed by atoms with Crippen LogP contribution in [0.5, 0.6) is 0 Å². The van der Waals surface area contributed by atoms with Gasteiger partial charge in [-0.2, -0.15) is 0 Å². The van der Waals surface area contributed by atoms with Crippen LogP contribution in [0, 0.1) is 0 Å². The Morgan fingerprint density at radius 1 is 0.250 bits per heavy atom. The molecule has 0 spiro atoms. The van der Waals surface area contributed by atoms with Crippen LogP contribution in [0.3, 0.4) is 0 Å². The van der Waals surface area contributed by atoms with Gasteiger partial charge in [0.05, 0.1) is 0 Å². The van der Waals surface area contributed by atoms with E-state index in [9.17, 15) is 0 Å². The number of rotatable bonds is 5. The van der Waals surface area contributed by atoms with Crippen molar-refractivity contribution in [3.8, 4) is 77.9 Å². The third kappa shape index (κ3) is 6.06. The fourth-order valence-electron chi connectivity index (χ4n) is 13.1. The molecule has 0 atom stereocenters. The maximum Gasteiger partial charge on any atom is 0.0159 e. The maximum atomic E-state index is 2.50. The van der Waals surface area contributed by atoms with E-state index in [4.69, 9.17) is 0 Å². The topological polar surface area (TPSA) is 0 Å². The lowest BCUT2D eigenvalue weighted by Crippen LogP contribution is -2.14. The fraction of sp³-hybridized carbons (Fsp3) is 0.0556. The first-order chi connectivity index (χ1) is 35.5. The highest BCUT2D eigenvalue weighted by Crippen LogP contribution is 2.52. The van der Waals surface area contributed by atoms with Gasteiger partial charge in [-0.3, -0.25) is 0 Å². The van der Waals surface area contributed by atoms with E-state index in [0.29, 0.717) is 0 Å². The Morgan fingerprint density at radius 3 is 1.36 bits per heavy atom. The first kappa shape index (κ1) is 41.0. The van der Waals surface area contributed by atoms with Crippen molar-refractivity contribution < 1.29 is 0 Å². The molecule has 15 rings (SSSR count). The van der Waals surface area contributed by atoms with Crippen molar-refractivity contribution in [2.24, 2.45) is 0 Å². The fourth-order valence-corrected chi connectivity index (χ4v) is 13.1. The summed E-state index contributed by atoms with van der Waals surface area (Å²) in [6.07, 6.45) is 0.953. The second kappa shape index (κ2) is 15.6. The molecule has 0 saturated heterocycles. The number of hydrogen-bond acceptors (Lipinski definition) is 0. The van der Waals surface area contributed by atoms with Crippen LogP contribution in [-0.2, 0) is 11.8 Å². The minimum atomic E-state index is -0.105. The van der Waals surface area contributed by atoms with E-state index in [1.165, 1.54) is 154 Å². The molecular formula is C72H48. The monoisotopic (exact) mass is 912 g/mol. The first-order valence-corrected chi connectivity index (χ1v) is 25.4. The van der Waals surface area contributed by atoms with Crippen LogP contribution in [0.4, 0.5) is 0 Å². The van der Waals surface area contributed by atoms with Crippen LogP contribution in [0.15, 0.2) is 243 Å². The summed E-state index contributed by atoms with van der Waals surface area (Å²) in [7, 11) is 0. The largest absolute Gasteiger partial charge is 0.0619 e. The average Bonchev–Trinajstić information content (AvgIpc) is 3.92. The Hall–Kier alpha value is -8.84. The van der Waals surface area contributed by atoms with Crippen molar-refractivity contribution in [3.05, 3.63) is 265 Å². The number of hydrogen-bond donors (Lipinski definition) is 0. The van der Waals surface area contributed by atoms with E-state index in [2.05, 4.69) is 257 Å². The minimum Gasteiger partial charge on any atom is -0.0619 e. The molecule has 0 aromatic heterocycles. The molecule has 0 aliphatic heterocycles. The smallest absolute Gasteiger partial charge is 0.0159 e. The first-order valence-electron chi connectivity index (χ1n) is 25.4. The summed E-state index contributed by atoms with van der Waals surface area (Å²) in [5.41, 5.74) is 23.4. The summed E-state index contributed by atoms with van der Waals surface area (Å²) in [6.45, 7) is 4.77. The van der Waals surface area contributed by atoms with Gasteiger partial charge in [0.2, 0.25) is 0 Å². The molecule has 72 heavy (non-hydrogen) atoms. The van der Waals surface area contributed by atoms with E-state index in [1.807, 2.05) is 0 Å². The van der Waals surface area contributed by atoms with Gasteiger partial charge in [0.1, 0.15) is 0 Å². The van der Waals surface area contributed by atoms with E-state index in [1.54, 1.807) is 0 Å². The lowest BCUT2D eigenvalue weighted by Gasteiger charge is -2.23. The molecule has 336 valence electrons. The Kier molecular flexibility index (Phi) is 8.87. The Labute approximate surface area is 420 Å². The van der Waals surface area contributed by atoms with Crippen LogP contribution < -0.4 is 0 Å². The summed E-state index contributed by atoms with van der Waals surface area (Å²) in [6, 6.07) is 91.6. The lowest BCUT2D eigenvalue weighted by molar-refractivity contribution is 0.660. The van der Waals surface area contributed by atoms with E-state index >= 15 is 0 Å². The standard InChI is InChI=1S/C72H48/c1-72(2)66-26-14-13-19-56(66)57-37-35-52(43-67(57)72)70-62-24-11-12-25-63(62)71(51-34-36-55-53(41-51)40-49-17-5-6-18-54(49)55)65-42-48(33-38-64(65)70)45-27-30-46(31-28-45)68-58-20-7-9-22-60(58)69(61-23-10-8-21-59(61)68)50-32-29-44-15-3-4-16-47(44)39-50/h3-39,41-43H,40H2,1-2H3. The van der Waals surface area contributed by atoms with Crippen LogP contribution in [0.25, 0.3) is 132 Å². The third-order valence-electron chi connectivity index (χ3n) is 16.5. The normalized spacial score (nSPS) is 13.2. The molecule has 13 aromatic carbocycles. The summed E-state index contributed by atoms with van der Waals surface area (Å²) >= 11 is 0. The molecule has 0 amide bonds. The second-order valence-electron chi connectivity index (χ2n) is 20.7. The SMILES string of the molecule is CC1(C)c2ccccc2-c2ccc(-c3c4ccccc4c(-c4ccc5c(c4)Cc4ccccc4-5)c4cc(-c5ccc(-c6c7ccccc7c(-c7ccc8ccccc8c7)c7ccccc67)cc5)ccc34)cc21. The van der Waals surface area contributed by atoms with Gasteiger partial charge < -0.3 is 0 Å². The van der Waals surface area contributed by atoms with Crippen molar-refractivity contribution in [2.75, 3.05) is 0 Å². The molecule has 0 saturated carbocycles. The molecule has 0 bridgehead atoms. The summed E-state index contributed by atoms with van der Waals surface area (Å²) in [4.78, 5) is 0. The third-order valence-corrected chi connectivity index (χ3v) is 16.5. The zero-order valence-corrected chi connectivity index (χ0v) is 40.3. The lowest BCUT2D eigenvalue weighted by atomic mass is 9.80. The zero-order chi connectivity index (χ0) is 47.7. The van der Waals surface area contributed by atoms with Crippen LogP contribution in [0.2, 0.25) is 0 Å². The van der Waals surface area contributed by atoms with Crippen LogP contribution in [0.1, 0.15) is 36.1 Å². The van der Waals surface area contributed by atoms with E-state index < -0.39 is 0 Å². The zero-order valence-electron chi connectivity index (χ0n) is 40.3.